The molecule has 2 heterocycles. The molecular weight excluding hydrogens is 278 g/mol. The van der Waals surface area contributed by atoms with E-state index in [1.54, 1.807) is 0 Å². The van der Waals surface area contributed by atoms with Gasteiger partial charge in [0.2, 0.25) is 0 Å². The molecule has 3 atom stereocenters. The van der Waals surface area contributed by atoms with Crippen LogP contribution in [-0.2, 0) is 0 Å². The Labute approximate surface area is 128 Å². The number of amides is 2. The van der Waals surface area contributed by atoms with Crippen molar-refractivity contribution in [2.45, 2.75) is 13.0 Å². The summed E-state index contributed by atoms with van der Waals surface area (Å²) >= 11 is 0. The van der Waals surface area contributed by atoms with Crippen molar-refractivity contribution in [2.24, 2.45) is 11.8 Å². The first-order valence-corrected chi connectivity index (χ1v) is 7.63. The van der Waals surface area contributed by atoms with E-state index in [0.29, 0.717) is 23.7 Å². The number of urea groups is 1. The van der Waals surface area contributed by atoms with Gasteiger partial charge in [-0.15, -0.1) is 5.10 Å². The summed E-state index contributed by atoms with van der Waals surface area (Å²) in [5, 5.41) is 13.6. The minimum Gasteiger partial charge on any atom is -0.334 e. The Hall–Kier alpha value is -2.34. The first kappa shape index (κ1) is 13.3. The molecule has 3 N–H and O–H groups in total. The molecule has 1 aromatic carbocycles. The lowest BCUT2D eigenvalue weighted by Crippen LogP contribution is -2.35. The Morgan fingerprint density at radius 2 is 2.00 bits per heavy atom. The Bertz CT molecular complexity index is 686. The zero-order valence-corrected chi connectivity index (χ0v) is 12.4. The quantitative estimate of drug-likeness (QED) is 0.804. The van der Waals surface area contributed by atoms with Crippen LogP contribution in [0.5, 0.6) is 0 Å². The summed E-state index contributed by atoms with van der Waals surface area (Å²) in [6.45, 7) is 3.99. The second kappa shape index (κ2) is 5.14. The molecule has 4 rings (SSSR count). The maximum atomic E-state index is 12.1. The molecule has 22 heavy (non-hydrogen) atoms. The van der Waals surface area contributed by atoms with Crippen LogP contribution < -0.4 is 16.0 Å². The maximum Gasteiger partial charge on any atom is 0.320 e. The number of nitrogens with zero attached hydrogens (tertiary/aromatic N) is 2. The number of hydrogen-bond acceptors (Lipinski definition) is 3. The van der Waals surface area contributed by atoms with Crippen LogP contribution in [0.4, 0.5) is 10.6 Å². The molecule has 6 heteroatoms. The molecule has 1 aliphatic heterocycles. The lowest BCUT2D eigenvalue weighted by Gasteiger charge is -2.07. The van der Waals surface area contributed by atoms with Crippen molar-refractivity contribution in [3.05, 3.63) is 42.1 Å². The van der Waals surface area contributed by atoms with Crippen molar-refractivity contribution >= 4 is 11.8 Å². The lowest BCUT2D eigenvalue weighted by molar-refractivity contribution is 0.250. The number of carbonyl (C=O) groups excluding carboxylic acids is 1. The van der Waals surface area contributed by atoms with E-state index in [0.717, 1.165) is 24.5 Å². The number of anilines is 1. The van der Waals surface area contributed by atoms with Gasteiger partial charge in [-0.3, -0.25) is 5.32 Å². The van der Waals surface area contributed by atoms with E-state index < -0.39 is 0 Å². The van der Waals surface area contributed by atoms with Gasteiger partial charge in [0.05, 0.1) is 5.69 Å². The van der Waals surface area contributed by atoms with Crippen LogP contribution in [0.1, 0.15) is 5.69 Å². The van der Waals surface area contributed by atoms with Crippen LogP contribution in [-0.4, -0.2) is 34.9 Å². The van der Waals surface area contributed by atoms with Crippen molar-refractivity contribution in [2.75, 3.05) is 18.4 Å². The van der Waals surface area contributed by atoms with E-state index in [9.17, 15) is 4.79 Å². The minimum atomic E-state index is -0.169. The van der Waals surface area contributed by atoms with E-state index in [1.807, 2.05) is 48.0 Å². The predicted octanol–water partition coefficient (Wildman–Crippen LogP) is 1.52. The fraction of sp³-hybridized carbons (Fsp3) is 0.375. The molecule has 1 saturated carbocycles. The molecule has 1 aromatic heterocycles. The Morgan fingerprint density at radius 3 is 2.73 bits per heavy atom. The summed E-state index contributed by atoms with van der Waals surface area (Å²) in [7, 11) is 0. The van der Waals surface area contributed by atoms with Crippen molar-refractivity contribution in [1.29, 1.82) is 0 Å². The van der Waals surface area contributed by atoms with Gasteiger partial charge in [0, 0.05) is 30.9 Å². The largest absolute Gasteiger partial charge is 0.334 e. The van der Waals surface area contributed by atoms with E-state index >= 15 is 0 Å². The molecular formula is C16H19N5O. The predicted molar refractivity (Wildman–Crippen MR) is 84.1 cm³/mol. The molecule has 0 spiro atoms. The van der Waals surface area contributed by atoms with Gasteiger partial charge in [-0.05, 0) is 30.9 Å². The number of piperidine rings is 1. The Balaban J connectivity index is 1.42. The fourth-order valence-electron chi connectivity index (χ4n) is 3.30. The molecule has 114 valence electrons. The van der Waals surface area contributed by atoms with Gasteiger partial charge in [-0.1, -0.05) is 18.2 Å². The smallest absolute Gasteiger partial charge is 0.320 e. The number of hydrogen-bond donors (Lipinski definition) is 3. The highest BCUT2D eigenvalue weighted by Gasteiger charge is 2.53. The number of nitrogens with one attached hydrogen (secondary N) is 3. The van der Waals surface area contributed by atoms with E-state index in [1.165, 1.54) is 0 Å². The van der Waals surface area contributed by atoms with Crippen molar-refractivity contribution < 1.29 is 4.79 Å². The standard InChI is InChI=1S/C16H19N5O/c1-10-7-14(20-21(10)11-5-3-2-4-6-11)18-16(22)19-15-12-8-17-9-13(12)15/h2-7,12-13,15,17H,8-9H2,1H3,(H2,18,19,20,22)/t12-,13+,15?. The fourth-order valence-corrected chi connectivity index (χ4v) is 3.30. The number of aromatic nitrogens is 2. The van der Waals surface area contributed by atoms with Gasteiger partial charge in [0.15, 0.2) is 5.82 Å². The van der Waals surface area contributed by atoms with Crippen LogP contribution in [0.3, 0.4) is 0 Å². The Kier molecular flexibility index (Phi) is 3.11. The monoisotopic (exact) mass is 297 g/mol. The van der Waals surface area contributed by atoms with Crippen LogP contribution in [0, 0.1) is 18.8 Å². The highest BCUT2D eigenvalue weighted by molar-refractivity contribution is 5.88. The second-order valence-corrected chi connectivity index (χ2v) is 6.03. The van der Waals surface area contributed by atoms with E-state index in [-0.39, 0.29) is 6.03 Å². The summed E-state index contributed by atoms with van der Waals surface area (Å²) in [6.07, 6.45) is 0. The molecule has 0 bridgehead atoms. The molecule has 6 nitrogen and oxygen atoms in total. The van der Waals surface area contributed by atoms with Gasteiger partial charge < -0.3 is 10.6 Å². The molecule has 2 aliphatic rings. The molecule has 2 aromatic rings. The number of fused-ring (bicyclic) bond motifs is 1. The average molecular weight is 297 g/mol. The third kappa shape index (κ3) is 2.35. The second-order valence-electron chi connectivity index (χ2n) is 6.03. The molecule has 1 saturated heterocycles. The highest BCUT2D eigenvalue weighted by Crippen LogP contribution is 2.41. The van der Waals surface area contributed by atoms with Crippen LogP contribution in [0.2, 0.25) is 0 Å². The summed E-state index contributed by atoms with van der Waals surface area (Å²) < 4.78 is 1.82. The number of benzene rings is 1. The maximum absolute atomic E-state index is 12.1. The molecule has 1 aliphatic carbocycles. The number of para-hydroxylation sites is 1. The zero-order chi connectivity index (χ0) is 15.1. The summed E-state index contributed by atoms with van der Waals surface area (Å²) in [4.78, 5) is 12.1. The van der Waals surface area contributed by atoms with Gasteiger partial charge >= 0.3 is 6.03 Å². The van der Waals surface area contributed by atoms with Crippen LogP contribution in [0.15, 0.2) is 36.4 Å². The van der Waals surface area contributed by atoms with Crippen molar-refractivity contribution in [1.82, 2.24) is 20.4 Å². The number of rotatable bonds is 3. The average Bonchev–Trinajstić information content (AvgIpc) is 2.90. The molecule has 2 fully saturated rings. The Morgan fingerprint density at radius 1 is 1.27 bits per heavy atom. The van der Waals surface area contributed by atoms with E-state index in [4.69, 9.17) is 0 Å². The summed E-state index contributed by atoms with van der Waals surface area (Å²) in [5.41, 5.74) is 1.96. The SMILES string of the molecule is Cc1cc(NC(=O)NC2[C@H]3CNC[C@@H]23)nn1-c1ccccc1. The first-order valence-electron chi connectivity index (χ1n) is 7.63. The molecule has 2 amide bonds. The number of aryl methyl sites for hydroxylation is 1. The van der Waals surface area contributed by atoms with Crippen molar-refractivity contribution in [3.63, 3.8) is 0 Å². The normalized spacial score (nSPS) is 25.6. The van der Waals surface area contributed by atoms with E-state index in [2.05, 4.69) is 21.0 Å². The minimum absolute atomic E-state index is 0.169. The third-order valence-corrected chi connectivity index (χ3v) is 4.52. The van der Waals surface area contributed by atoms with Gasteiger partial charge in [-0.25, -0.2) is 9.48 Å². The topological polar surface area (TPSA) is 71.0 Å². The van der Waals surface area contributed by atoms with Crippen LogP contribution >= 0.6 is 0 Å². The molecule has 1 unspecified atom stereocenters. The lowest BCUT2D eigenvalue weighted by atomic mass is 10.3. The highest BCUT2D eigenvalue weighted by atomic mass is 16.2. The van der Waals surface area contributed by atoms with Gasteiger partial charge in [0.1, 0.15) is 0 Å². The zero-order valence-electron chi connectivity index (χ0n) is 12.4. The molecule has 0 radical (unpaired) electrons. The van der Waals surface area contributed by atoms with Gasteiger partial charge in [-0.2, -0.15) is 0 Å². The number of carbonyl (C=O) groups is 1. The van der Waals surface area contributed by atoms with Gasteiger partial charge in [0.25, 0.3) is 0 Å². The summed E-state index contributed by atoms with van der Waals surface area (Å²) in [5.74, 6) is 1.78. The first-order chi connectivity index (χ1) is 10.7. The van der Waals surface area contributed by atoms with Crippen LogP contribution in [0.25, 0.3) is 5.69 Å². The third-order valence-electron chi connectivity index (χ3n) is 4.52. The van der Waals surface area contributed by atoms with Crippen molar-refractivity contribution in [3.8, 4) is 5.69 Å². The summed E-state index contributed by atoms with van der Waals surface area (Å²) in [6, 6.07) is 11.9.